The van der Waals surface area contributed by atoms with Crippen LogP contribution < -0.4 is 5.32 Å². The summed E-state index contributed by atoms with van der Waals surface area (Å²) in [4.78, 5) is 37.8. The second kappa shape index (κ2) is 5.79. The van der Waals surface area contributed by atoms with Gasteiger partial charge in [-0.15, -0.1) is 0 Å². The predicted octanol–water partition coefficient (Wildman–Crippen LogP) is 1.37. The molecular formula is C16H18N2O4. The van der Waals surface area contributed by atoms with Crippen LogP contribution in [0.4, 0.5) is 0 Å². The fourth-order valence-corrected chi connectivity index (χ4v) is 2.95. The lowest BCUT2D eigenvalue weighted by molar-refractivity contribution is -0.145. The number of benzene rings is 1. The van der Waals surface area contributed by atoms with Crippen molar-refractivity contribution in [1.29, 1.82) is 0 Å². The monoisotopic (exact) mass is 302 g/mol. The quantitative estimate of drug-likeness (QED) is 0.852. The Morgan fingerprint density at radius 1 is 1.36 bits per heavy atom. The highest BCUT2D eigenvalue weighted by Crippen LogP contribution is 2.38. The number of ether oxygens (including phenoxy) is 1. The number of hydrogen-bond donors (Lipinski definition) is 1. The Hall–Kier alpha value is -2.37. The molecule has 1 unspecified atom stereocenters. The molecule has 2 atom stereocenters. The van der Waals surface area contributed by atoms with E-state index >= 15 is 0 Å². The molecule has 0 spiro atoms. The van der Waals surface area contributed by atoms with Crippen molar-refractivity contribution in [3.8, 4) is 0 Å². The van der Waals surface area contributed by atoms with E-state index in [4.69, 9.17) is 4.74 Å². The second-order valence-corrected chi connectivity index (χ2v) is 5.49. The maximum absolute atomic E-state index is 12.3. The Labute approximate surface area is 128 Å². The summed E-state index contributed by atoms with van der Waals surface area (Å²) in [5.74, 6) is -0.799. The van der Waals surface area contributed by atoms with Crippen molar-refractivity contribution in [2.24, 2.45) is 0 Å². The number of esters is 1. The first-order valence-electron chi connectivity index (χ1n) is 7.52. The molecule has 22 heavy (non-hydrogen) atoms. The average molecular weight is 302 g/mol. The molecule has 1 N–H and O–H groups in total. The summed E-state index contributed by atoms with van der Waals surface area (Å²) in [5.41, 5.74) is 1.11. The van der Waals surface area contributed by atoms with Crippen LogP contribution in [0.1, 0.15) is 48.3 Å². The normalized spacial score (nSPS) is 23.4. The van der Waals surface area contributed by atoms with Gasteiger partial charge in [0.2, 0.25) is 18.0 Å². The van der Waals surface area contributed by atoms with Gasteiger partial charge >= 0.3 is 5.97 Å². The van der Waals surface area contributed by atoms with E-state index < -0.39 is 18.2 Å². The Morgan fingerprint density at radius 3 is 2.91 bits per heavy atom. The zero-order chi connectivity index (χ0) is 15.7. The highest BCUT2D eigenvalue weighted by Gasteiger charge is 2.46. The summed E-state index contributed by atoms with van der Waals surface area (Å²) in [7, 11) is 0. The number of hydrogen-bond acceptors (Lipinski definition) is 4. The maximum Gasteiger partial charge on any atom is 0.340 e. The Kier molecular flexibility index (Phi) is 3.83. The number of carbonyl (C=O) groups excluding carboxylic acids is 3. The van der Waals surface area contributed by atoms with Crippen LogP contribution in [0.25, 0.3) is 0 Å². The summed E-state index contributed by atoms with van der Waals surface area (Å²) >= 11 is 0. The minimum Gasteiger partial charge on any atom is -0.433 e. The Balaban J connectivity index is 1.88. The first-order valence-corrected chi connectivity index (χ1v) is 7.52. The Bertz CT molecular complexity index is 628. The zero-order valence-corrected chi connectivity index (χ0v) is 12.4. The molecule has 0 saturated carbocycles. The fourth-order valence-electron chi connectivity index (χ4n) is 2.95. The molecule has 1 aromatic carbocycles. The standard InChI is InChI=1S/C16H18N2O4/c1-2-9-17-14(20)12-7-8-13(19)18(12)15-10-5-3-4-6-11(10)16(21)22-15/h3-6,12,15H,2,7-9H2,1H3,(H,17,20)/t12-,15?/m0/s1. The van der Waals surface area contributed by atoms with Crippen molar-refractivity contribution < 1.29 is 19.1 Å². The van der Waals surface area contributed by atoms with Crippen molar-refractivity contribution in [2.45, 2.75) is 38.5 Å². The average Bonchev–Trinajstić information content (AvgIpc) is 3.06. The van der Waals surface area contributed by atoms with Crippen molar-refractivity contribution >= 4 is 17.8 Å². The van der Waals surface area contributed by atoms with Crippen LogP contribution in [0.5, 0.6) is 0 Å². The van der Waals surface area contributed by atoms with E-state index in [2.05, 4.69) is 5.32 Å². The van der Waals surface area contributed by atoms with Crippen LogP contribution in [0.2, 0.25) is 0 Å². The van der Waals surface area contributed by atoms with E-state index in [0.717, 1.165) is 6.42 Å². The minimum absolute atomic E-state index is 0.161. The number of nitrogens with one attached hydrogen (secondary N) is 1. The molecule has 0 aliphatic carbocycles. The van der Waals surface area contributed by atoms with E-state index in [1.165, 1.54) is 4.90 Å². The molecule has 0 radical (unpaired) electrons. The van der Waals surface area contributed by atoms with Gasteiger partial charge < -0.3 is 10.1 Å². The summed E-state index contributed by atoms with van der Waals surface area (Å²) in [5, 5.41) is 2.81. The van der Waals surface area contributed by atoms with Crippen LogP contribution in [0, 0.1) is 0 Å². The van der Waals surface area contributed by atoms with Gasteiger partial charge in [0.05, 0.1) is 5.56 Å². The molecule has 6 heteroatoms. The van der Waals surface area contributed by atoms with Crippen molar-refractivity contribution in [2.75, 3.05) is 6.54 Å². The summed E-state index contributed by atoms with van der Waals surface area (Å²) in [6.45, 7) is 2.53. The van der Waals surface area contributed by atoms with Gasteiger partial charge in [0.25, 0.3) is 0 Å². The van der Waals surface area contributed by atoms with Gasteiger partial charge in [-0.05, 0) is 18.9 Å². The molecule has 6 nitrogen and oxygen atoms in total. The number of likely N-dealkylation sites (tertiary alicyclic amines) is 1. The molecule has 2 aliphatic rings. The van der Waals surface area contributed by atoms with Crippen LogP contribution in [-0.4, -0.2) is 35.3 Å². The highest BCUT2D eigenvalue weighted by molar-refractivity contribution is 5.96. The third-order valence-electron chi connectivity index (χ3n) is 4.03. The van der Waals surface area contributed by atoms with E-state index in [1.807, 2.05) is 6.92 Å². The number of carbonyl (C=O) groups is 3. The van der Waals surface area contributed by atoms with Crippen LogP contribution in [0.15, 0.2) is 24.3 Å². The molecule has 116 valence electrons. The number of rotatable bonds is 4. The van der Waals surface area contributed by atoms with Crippen LogP contribution in [0.3, 0.4) is 0 Å². The van der Waals surface area contributed by atoms with Gasteiger partial charge in [0.1, 0.15) is 6.04 Å². The molecule has 1 aromatic rings. The first kappa shape index (κ1) is 14.6. The predicted molar refractivity (Wildman–Crippen MR) is 77.8 cm³/mol. The third-order valence-corrected chi connectivity index (χ3v) is 4.03. The molecule has 1 saturated heterocycles. The molecule has 2 aliphatic heterocycles. The number of cyclic esters (lactones) is 1. The van der Waals surface area contributed by atoms with Crippen molar-refractivity contribution in [3.63, 3.8) is 0 Å². The summed E-state index contributed by atoms with van der Waals surface area (Å²) < 4.78 is 5.36. The lowest BCUT2D eigenvalue weighted by Crippen LogP contribution is -2.46. The highest BCUT2D eigenvalue weighted by atomic mass is 16.6. The topological polar surface area (TPSA) is 75.7 Å². The van der Waals surface area contributed by atoms with Crippen LogP contribution >= 0.6 is 0 Å². The molecule has 3 rings (SSSR count). The van der Waals surface area contributed by atoms with Gasteiger partial charge in [0, 0.05) is 18.5 Å². The number of nitrogens with zero attached hydrogens (tertiary/aromatic N) is 1. The Morgan fingerprint density at radius 2 is 2.14 bits per heavy atom. The molecule has 1 fully saturated rings. The van der Waals surface area contributed by atoms with Crippen LogP contribution in [-0.2, 0) is 14.3 Å². The molecule has 2 amide bonds. The van der Waals surface area contributed by atoms with E-state index in [0.29, 0.717) is 30.5 Å². The molecule has 2 heterocycles. The molecule has 0 aromatic heterocycles. The zero-order valence-electron chi connectivity index (χ0n) is 12.4. The number of amides is 2. The fraction of sp³-hybridized carbons (Fsp3) is 0.438. The van der Waals surface area contributed by atoms with E-state index in [1.54, 1.807) is 24.3 Å². The smallest absolute Gasteiger partial charge is 0.340 e. The van der Waals surface area contributed by atoms with E-state index in [9.17, 15) is 14.4 Å². The largest absolute Gasteiger partial charge is 0.433 e. The third kappa shape index (κ3) is 2.34. The van der Waals surface area contributed by atoms with Gasteiger partial charge in [-0.3, -0.25) is 14.5 Å². The second-order valence-electron chi connectivity index (χ2n) is 5.49. The van der Waals surface area contributed by atoms with Gasteiger partial charge in [-0.1, -0.05) is 25.1 Å². The summed E-state index contributed by atoms with van der Waals surface area (Å²) in [6, 6.07) is 6.39. The number of fused-ring (bicyclic) bond motifs is 1. The SMILES string of the molecule is CCCNC(=O)[C@@H]1CCC(=O)N1C1OC(=O)c2ccccc21. The summed E-state index contributed by atoms with van der Waals surface area (Å²) in [6.07, 6.45) is 0.773. The first-order chi connectivity index (χ1) is 10.6. The molecule has 0 bridgehead atoms. The van der Waals surface area contributed by atoms with Gasteiger partial charge in [0.15, 0.2) is 0 Å². The van der Waals surface area contributed by atoms with Gasteiger partial charge in [-0.25, -0.2) is 4.79 Å². The van der Waals surface area contributed by atoms with Gasteiger partial charge in [-0.2, -0.15) is 0 Å². The lowest BCUT2D eigenvalue weighted by Gasteiger charge is -2.29. The minimum atomic E-state index is -0.795. The maximum atomic E-state index is 12.3. The van der Waals surface area contributed by atoms with Crippen molar-refractivity contribution in [1.82, 2.24) is 10.2 Å². The van der Waals surface area contributed by atoms with Crippen molar-refractivity contribution in [3.05, 3.63) is 35.4 Å². The lowest BCUT2D eigenvalue weighted by atomic mass is 10.1. The molecular weight excluding hydrogens is 284 g/mol. The van der Waals surface area contributed by atoms with E-state index in [-0.39, 0.29) is 11.8 Å².